The van der Waals surface area contributed by atoms with Gasteiger partial charge in [0.2, 0.25) is 0 Å². The molecule has 0 amide bonds. The molecule has 2 N–H and O–H groups in total. The van der Waals surface area contributed by atoms with Crippen molar-refractivity contribution in [1.29, 1.82) is 0 Å². The number of rotatable bonds is 4. The highest BCUT2D eigenvalue weighted by Gasteiger charge is 2.28. The molecule has 0 aromatic carbocycles. The number of hydrogen-bond donors (Lipinski definition) is 1. The van der Waals surface area contributed by atoms with Gasteiger partial charge in [-0.2, -0.15) is 0 Å². The Morgan fingerprint density at radius 3 is 2.83 bits per heavy atom. The molecule has 2 heterocycles. The van der Waals surface area contributed by atoms with Gasteiger partial charge in [0.1, 0.15) is 0 Å². The lowest BCUT2D eigenvalue weighted by molar-refractivity contribution is 0.466. The average molecular weight is 333 g/mol. The molecule has 100 valence electrons. The highest BCUT2D eigenvalue weighted by Crippen LogP contribution is 2.23. The van der Waals surface area contributed by atoms with Crippen LogP contribution in [0.3, 0.4) is 0 Å². The minimum absolute atomic E-state index is 0.0167. The monoisotopic (exact) mass is 332 g/mol. The van der Waals surface area contributed by atoms with Crippen LogP contribution >= 0.6 is 15.9 Å². The normalized spacial score (nSPS) is 24.0. The summed E-state index contributed by atoms with van der Waals surface area (Å²) in [7, 11) is -2.80. The van der Waals surface area contributed by atoms with Crippen LogP contribution in [0.2, 0.25) is 0 Å². The van der Waals surface area contributed by atoms with E-state index in [1.54, 1.807) is 6.20 Å². The second-order valence-corrected chi connectivity index (χ2v) is 8.08. The molecule has 1 aliphatic heterocycles. The highest BCUT2D eigenvalue weighted by molar-refractivity contribution is 9.10. The largest absolute Gasteiger partial charge is 0.327 e. The van der Waals surface area contributed by atoms with Gasteiger partial charge in [0.25, 0.3) is 0 Å². The molecule has 2 rings (SSSR count). The Bertz CT molecular complexity index is 501. The molecule has 0 spiro atoms. The molecule has 0 bridgehead atoms. The number of nitrogens with two attached hydrogens (primary N) is 1. The first kappa shape index (κ1) is 14.0. The molecule has 1 aliphatic rings. The van der Waals surface area contributed by atoms with Gasteiger partial charge in [-0.1, -0.05) is 0 Å². The van der Waals surface area contributed by atoms with Crippen LogP contribution in [0.25, 0.3) is 0 Å². The first-order chi connectivity index (χ1) is 8.44. The Hall–Kier alpha value is -0.460. The van der Waals surface area contributed by atoms with Crippen LogP contribution in [0.1, 0.15) is 18.5 Å². The Morgan fingerprint density at radius 1 is 1.50 bits per heavy atom. The molecule has 1 aromatic rings. The summed E-state index contributed by atoms with van der Waals surface area (Å²) in [5.41, 5.74) is 7.02. The molecule has 1 fully saturated rings. The third kappa shape index (κ3) is 4.03. The first-order valence-corrected chi connectivity index (χ1v) is 8.62. The minimum atomic E-state index is -2.80. The van der Waals surface area contributed by atoms with Gasteiger partial charge in [0, 0.05) is 28.8 Å². The molecule has 0 aliphatic carbocycles. The van der Waals surface area contributed by atoms with Gasteiger partial charge in [-0.05, 0) is 46.8 Å². The number of nitrogens with zero attached hydrogens (tertiary/aromatic N) is 1. The third-order valence-electron chi connectivity index (χ3n) is 3.22. The molecular formula is C12H17BrN2O2S. The maximum absolute atomic E-state index is 11.4. The van der Waals surface area contributed by atoms with E-state index in [4.69, 9.17) is 5.73 Å². The van der Waals surface area contributed by atoms with Gasteiger partial charge in [-0.15, -0.1) is 0 Å². The summed E-state index contributed by atoms with van der Waals surface area (Å²) in [6.45, 7) is 0. The lowest BCUT2D eigenvalue weighted by atomic mass is 9.97. The van der Waals surface area contributed by atoms with Gasteiger partial charge in [-0.25, -0.2) is 8.42 Å². The van der Waals surface area contributed by atoms with E-state index in [9.17, 15) is 8.42 Å². The van der Waals surface area contributed by atoms with Crippen molar-refractivity contribution in [2.75, 3.05) is 11.5 Å². The number of halogens is 1. The van der Waals surface area contributed by atoms with Crippen molar-refractivity contribution in [2.45, 2.75) is 25.3 Å². The molecule has 2 unspecified atom stereocenters. The topological polar surface area (TPSA) is 73.0 Å². The summed E-state index contributed by atoms with van der Waals surface area (Å²) in [5.74, 6) is 0.843. The predicted octanol–water partition coefficient (Wildman–Crippen LogP) is 1.54. The van der Waals surface area contributed by atoms with E-state index in [-0.39, 0.29) is 12.0 Å². The van der Waals surface area contributed by atoms with Crippen LogP contribution in [0.15, 0.2) is 22.8 Å². The molecular weight excluding hydrogens is 316 g/mol. The predicted molar refractivity (Wildman–Crippen MR) is 75.0 cm³/mol. The summed E-state index contributed by atoms with van der Waals surface area (Å²) in [5, 5.41) is 0. The van der Waals surface area contributed by atoms with Crippen molar-refractivity contribution in [2.24, 2.45) is 11.7 Å². The van der Waals surface area contributed by atoms with Gasteiger partial charge in [0.05, 0.1) is 11.5 Å². The summed E-state index contributed by atoms with van der Waals surface area (Å²) in [4.78, 5) is 4.28. The van der Waals surface area contributed by atoms with Gasteiger partial charge >= 0.3 is 0 Å². The van der Waals surface area contributed by atoms with Crippen LogP contribution in [0.5, 0.6) is 0 Å². The molecule has 18 heavy (non-hydrogen) atoms. The number of sulfone groups is 1. The molecule has 1 aromatic heterocycles. The van der Waals surface area contributed by atoms with Crippen molar-refractivity contribution in [3.8, 4) is 0 Å². The summed E-state index contributed by atoms with van der Waals surface area (Å²) in [6, 6.07) is 3.86. The van der Waals surface area contributed by atoms with E-state index in [1.807, 2.05) is 12.1 Å². The molecule has 1 saturated heterocycles. The lowest BCUT2D eigenvalue weighted by Gasteiger charge is -2.15. The van der Waals surface area contributed by atoms with E-state index in [1.165, 1.54) is 0 Å². The molecule has 2 atom stereocenters. The zero-order valence-electron chi connectivity index (χ0n) is 10.0. The molecule has 6 heteroatoms. The van der Waals surface area contributed by atoms with E-state index >= 15 is 0 Å². The van der Waals surface area contributed by atoms with Crippen LogP contribution in [-0.2, 0) is 16.3 Å². The maximum Gasteiger partial charge on any atom is 0.150 e. The molecule has 0 radical (unpaired) electrons. The fourth-order valence-corrected chi connectivity index (χ4v) is 4.48. The van der Waals surface area contributed by atoms with Crippen molar-refractivity contribution < 1.29 is 8.42 Å². The summed E-state index contributed by atoms with van der Waals surface area (Å²) in [6.07, 6.45) is 3.96. The van der Waals surface area contributed by atoms with Gasteiger partial charge in [-0.3, -0.25) is 4.98 Å². The highest BCUT2D eigenvalue weighted by atomic mass is 79.9. The average Bonchev–Trinajstić information content (AvgIpc) is 2.61. The van der Waals surface area contributed by atoms with Crippen LogP contribution in [0.4, 0.5) is 0 Å². The zero-order chi connectivity index (χ0) is 13.2. The quantitative estimate of drug-likeness (QED) is 0.907. The van der Waals surface area contributed by atoms with E-state index in [2.05, 4.69) is 20.9 Å². The van der Waals surface area contributed by atoms with Crippen molar-refractivity contribution in [3.63, 3.8) is 0 Å². The second-order valence-electron chi connectivity index (χ2n) is 4.94. The maximum atomic E-state index is 11.4. The second kappa shape index (κ2) is 5.67. The Kier molecular flexibility index (Phi) is 4.40. The smallest absolute Gasteiger partial charge is 0.150 e. The summed E-state index contributed by atoms with van der Waals surface area (Å²) >= 11 is 3.33. The SMILES string of the molecule is NC(Cc1ccc(Br)cn1)CC1CCS(=O)(=O)C1. The van der Waals surface area contributed by atoms with E-state index in [0.717, 1.165) is 23.0 Å². The number of aromatic nitrogens is 1. The Labute approximate surface area is 116 Å². The molecule has 4 nitrogen and oxygen atoms in total. The lowest BCUT2D eigenvalue weighted by Crippen LogP contribution is -2.27. The Morgan fingerprint density at radius 2 is 2.28 bits per heavy atom. The van der Waals surface area contributed by atoms with Crippen LogP contribution < -0.4 is 5.73 Å². The van der Waals surface area contributed by atoms with Crippen LogP contribution in [0, 0.1) is 5.92 Å². The zero-order valence-corrected chi connectivity index (χ0v) is 12.5. The Balaban J connectivity index is 1.86. The fraction of sp³-hybridized carbons (Fsp3) is 0.583. The van der Waals surface area contributed by atoms with E-state index in [0.29, 0.717) is 17.9 Å². The van der Waals surface area contributed by atoms with Crippen LogP contribution in [-0.4, -0.2) is 30.9 Å². The third-order valence-corrected chi connectivity index (χ3v) is 5.53. The first-order valence-electron chi connectivity index (χ1n) is 6.01. The fourth-order valence-electron chi connectivity index (χ4n) is 2.37. The molecule has 0 saturated carbocycles. The van der Waals surface area contributed by atoms with Gasteiger partial charge < -0.3 is 5.73 Å². The standard InChI is InChI=1S/C12H17BrN2O2S/c13-10-1-2-12(15-7-10)6-11(14)5-9-3-4-18(16,17)8-9/h1-2,7,9,11H,3-6,8,14H2. The van der Waals surface area contributed by atoms with Gasteiger partial charge in [0.15, 0.2) is 9.84 Å². The number of hydrogen-bond acceptors (Lipinski definition) is 4. The van der Waals surface area contributed by atoms with Crippen molar-refractivity contribution in [3.05, 3.63) is 28.5 Å². The number of pyridine rings is 1. The minimum Gasteiger partial charge on any atom is -0.327 e. The van der Waals surface area contributed by atoms with Crippen molar-refractivity contribution in [1.82, 2.24) is 4.98 Å². The van der Waals surface area contributed by atoms with E-state index < -0.39 is 9.84 Å². The van der Waals surface area contributed by atoms with Crippen molar-refractivity contribution >= 4 is 25.8 Å². The summed E-state index contributed by atoms with van der Waals surface area (Å²) < 4.78 is 23.7.